The lowest BCUT2D eigenvalue weighted by atomic mass is 9.39. The molecule has 3 aliphatic rings. The van der Waals surface area contributed by atoms with Gasteiger partial charge in [0.05, 0.1) is 5.69 Å². The van der Waals surface area contributed by atoms with Crippen LogP contribution in [0.2, 0.25) is 0 Å². The first-order valence-corrected chi connectivity index (χ1v) is 20.8. The van der Waals surface area contributed by atoms with Crippen molar-refractivity contribution < 1.29 is 0 Å². The van der Waals surface area contributed by atoms with E-state index in [2.05, 4.69) is 167 Å². The van der Waals surface area contributed by atoms with Crippen molar-refractivity contribution >= 4 is 40.6 Å². The van der Waals surface area contributed by atoms with Crippen LogP contribution in [0.25, 0.3) is 22.4 Å². The van der Waals surface area contributed by atoms with Gasteiger partial charge in [-0.05, 0) is 52.1 Å². The molecule has 7 nitrogen and oxygen atoms in total. The van der Waals surface area contributed by atoms with Gasteiger partial charge in [-0.3, -0.25) is 10.3 Å². The van der Waals surface area contributed by atoms with Gasteiger partial charge in [-0.15, -0.1) is 0 Å². The van der Waals surface area contributed by atoms with Gasteiger partial charge in [-0.2, -0.15) is 0 Å². The summed E-state index contributed by atoms with van der Waals surface area (Å²) < 4.78 is 0. The summed E-state index contributed by atoms with van der Waals surface area (Å²) in [6.45, 7) is 0.0343. The second-order valence-corrected chi connectivity index (χ2v) is 15.6. The number of hydrogen-bond donors (Lipinski definition) is 3. The Labute approximate surface area is 355 Å². The smallest absolute Gasteiger partial charge is 0.242 e. The van der Waals surface area contributed by atoms with Gasteiger partial charge in [-0.1, -0.05) is 192 Å². The van der Waals surface area contributed by atoms with Crippen LogP contribution in [-0.4, -0.2) is 29.2 Å². The molecule has 0 fully saturated rings. The van der Waals surface area contributed by atoms with E-state index in [-0.39, 0.29) is 25.2 Å². The molecule has 0 spiro atoms. The van der Waals surface area contributed by atoms with Gasteiger partial charge in [-0.25, -0.2) is 15.0 Å². The molecule has 3 atom stereocenters. The van der Waals surface area contributed by atoms with E-state index in [1.54, 1.807) is 0 Å². The van der Waals surface area contributed by atoms with Crippen LogP contribution in [0.3, 0.4) is 0 Å². The summed E-state index contributed by atoms with van der Waals surface area (Å²) in [4.78, 5) is 20.2. The molecule has 11 rings (SSSR count). The van der Waals surface area contributed by atoms with Crippen LogP contribution in [-0.2, 0) is 0 Å². The third-order valence-corrected chi connectivity index (χ3v) is 11.8. The molecule has 8 heteroatoms. The minimum Gasteiger partial charge on any atom is -0.350 e. The molecule has 0 aliphatic carbocycles. The molecule has 290 valence electrons. The standard InChI is InChI=1S/C53H40BN7/c1-5-15-36(16-6-1)48-56-49(37-17-7-2-8-18-37)59-52(58-48)40-26-30-45-43(33-40)44-34-41(27-31-46(44)54(45)42-28-24-35(25-29-42)47-23-13-14-32-55-47)53-60-50(38-19-9-3-10-20-38)57-51(61-53)39-21-11-4-12-22-39/h1-34,48,50,52,58H,(H,56,59)(H,57,60,61). The molecule has 3 unspecified atom stereocenters. The van der Waals surface area contributed by atoms with E-state index < -0.39 is 0 Å². The van der Waals surface area contributed by atoms with Crippen LogP contribution in [0.4, 0.5) is 0 Å². The predicted molar refractivity (Wildman–Crippen MR) is 249 cm³/mol. The zero-order valence-corrected chi connectivity index (χ0v) is 33.2. The molecule has 3 N–H and O–H groups in total. The van der Waals surface area contributed by atoms with E-state index >= 15 is 0 Å². The number of pyridine rings is 1. The summed E-state index contributed by atoms with van der Waals surface area (Å²) in [7, 11) is 0. The largest absolute Gasteiger partial charge is 0.350 e. The van der Waals surface area contributed by atoms with Crippen molar-refractivity contribution in [3.8, 4) is 22.4 Å². The van der Waals surface area contributed by atoms with E-state index in [0.717, 1.165) is 62.1 Å². The summed E-state index contributed by atoms with van der Waals surface area (Å²) in [5, 5.41) is 11.1. The van der Waals surface area contributed by atoms with Crippen LogP contribution in [0.5, 0.6) is 0 Å². The molecule has 61 heavy (non-hydrogen) atoms. The minimum absolute atomic E-state index is 0.0343. The second-order valence-electron chi connectivity index (χ2n) is 15.6. The highest BCUT2D eigenvalue weighted by Crippen LogP contribution is 2.32. The summed E-state index contributed by atoms with van der Waals surface area (Å²) in [5.74, 6) is 2.44. The van der Waals surface area contributed by atoms with Gasteiger partial charge in [0.2, 0.25) is 6.71 Å². The van der Waals surface area contributed by atoms with Gasteiger partial charge in [0.25, 0.3) is 0 Å². The van der Waals surface area contributed by atoms with Crippen LogP contribution in [0.15, 0.2) is 221 Å². The fourth-order valence-corrected chi connectivity index (χ4v) is 8.73. The Hall–Kier alpha value is -7.68. The van der Waals surface area contributed by atoms with Crippen molar-refractivity contribution in [2.45, 2.75) is 18.5 Å². The van der Waals surface area contributed by atoms with E-state index in [4.69, 9.17) is 15.0 Å². The summed E-state index contributed by atoms with van der Waals surface area (Å²) in [6, 6.07) is 70.1. The lowest BCUT2D eigenvalue weighted by Gasteiger charge is -2.32. The van der Waals surface area contributed by atoms with Crippen LogP contribution < -0.4 is 32.3 Å². The summed E-state index contributed by atoms with van der Waals surface area (Å²) in [6.07, 6.45) is 1.03. The van der Waals surface area contributed by atoms with Crippen molar-refractivity contribution in [2.75, 3.05) is 0 Å². The van der Waals surface area contributed by atoms with E-state index in [0.29, 0.717) is 0 Å². The fraction of sp³-hybridized carbons (Fsp3) is 0.0566. The lowest BCUT2D eigenvalue weighted by Crippen LogP contribution is -2.49. The number of nitrogens with zero attached hydrogens (tertiary/aromatic N) is 4. The minimum atomic E-state index is -0.384. The Balaban J connectivity index is 1.03. The maximum Gasteiger partial charge on any atom is 0.242 e. The molecule has 0 amide bonds. The normalized spacial score (nSPS) is 17.8. The number of nitrogens with one attached hydrogen (secondary N) is 3. The van der Waals surface area contributed by atoms with Gasteiger partial charge in [0, 0.05) is 28.5 Å². The number of aliphatic imine (C=N–C) groups is 3. The number of hydrogen-bond acceptors (Lipinski definition) is 7. The van der Waals surface area contributed by atoms with E-state index in [9.17, 15) is 0 Å². The summed E-state index contributed by atoms with van der Waals surface area (Å²) in [5.41, 5.74) is 14.5. The highest BCUT2D eigenvalue weighted by atomic mass is 15.3. The Morgan fingerprint density at radius 2 is 1.00 bits per heavy atom. The number of fused-ring (bicyclic) bond motifs is 3. The zero-order valence-electron chi connectivity index (χ0n) is 33.2. The van der Waals surface area contributed by atoms with E-state index in [1.807, 2.05) is 60.8 Å². The Kier molecular flexibility index (Phi) is 9.45. The van der Waals surface area contributed by atoms with Crippen molar-refractivity contribution in [1.29, 1.82) is 0 Å². The van der Waals surface area contributed by atoms with Crippen LogP contribution >= 0.6 is 0 Å². The van der Waals surface area contributed by atoms with Crippen molar-refractivity contribution in [3.63, 3.8) is 0 Å². The quantitative estimate of drug-likeness (QED) is 0.136. The van der Waals surface area contributed by atoms with Crippen LogP contribution in [0.1, 0.15) is 51.9 Å². The number of amidine groups is 3. The molecule has 0 saturated heterocycles. The number of rotatable bonds is 8. The maximum atomic E-state index is 5.31. The Morgan fingerprint density at radius 3 is 1.67 bits per heavy atom. The third kappa shape index (κ3) is 7.13. The molecule has 0 bridgehead atoms. The first-order chi connectivity index (χ1) is 30.2. The highest BCUT2D eigenvalue weighted by molar-refractivity contribution is 6.99. The van der Waals surface area contributed by atoms with Gasteiger partial charge in [0.1, 0.15) is 29.8 Å². The summed E-state index contributed by atoms with van der Waals surface area (Å²) >= 11 is 0. The Bertz CT molecular complexity index is 2940. The first-order valence-electron chi connectivity index (χ1n) is 20.8. The average molecular weight is 786 g/mol. The SMILES string of the molecule is c1ccc(C2=NC(c3ccccc3)N=C(c3ccc4c(c3)-c3cc(C5N=C(c6ccccc6)NC(c6ccccc6)N5)ccc3B4c3ccc(-c4ccccn4)cc3)N2)cc1. The van der Waals surface area contributed by atoms with Gasteiger partial charge < -0.3 is 10.6 Å². The topological polar surface area (TPSA) is 86.1 Å². The molecule has 8 aromatic rings. The maximum absolute atomic E-state index is 5.31. The van der Waals surface area contributed by atoms with Crippen molar-refractivity contribution in [2.24, 2.45) is 15.0 Å². The van der Waals surface area contributed by atoms with Crippen molar-refractivity contribution in [3.05, 3.63) is 240 Å². The molecule has 3 aliphatic heterocycles. The monoisotopic (exact) mass is 785 g/mol. The van der Waals surface area contributed by atoms with Gasteiger partial charge >= 0.3 is 0 Å². The van der Waals surface area contributed by atoms with Crippen molar-refractivity contribution in [1.82, 2.24) is 20.9 Å². The zero-order chi connectivity index (χ0) is 40.5. The molecule has 1 aromatic heterocycles. The average Bonchev–Trinajstić information content (AvgIpc) is 3.68. The molecule has 4 heterocycles. The third-order valence-electron chi connectivity index (χ3n) is 11.8. The first kappa shape index (κ1) is 36.4. The lowest BCUT2D eigenvalue weighted by molar-refractivity contribution is 0.409. The van der Waals surface area contributed by atoms with Crippen LogP contribution in [0, 0.1) is 0 Å². The predicted octanol–water partition coefficient (Wildman–Crippen LogP) is 8.08. The highest BCUT2D eigenvalue weighted by Gasteiger charge is 2.36. The fourth-order valence-electron chi connectivity index (χ4n) is 8.73. The Morgan fingerprint density at radius 1 is 0.426 bits per heavy atom. The molecular formula is C53H40BN7. The number of aromatic nitrogens is 1. The van der Waals surface area contributed by atoms with E-state index in [1.165, 1.54) is 27.5 Å². The molecule has 7 aromatic carbocycles. The van der Waals surface area contributed by atoms with Gasteiger partial charge in [0.15, 0.2) is 6.17 Å². The molecular weight excluding hydrogens is 745 g/mol. The molecule has 0 saturated carbocycles. The number of benzene rings is 7. The molecule has 0 radical (unpaired) electrons. The second kappa shape index (κ2) is 15.8.